The summed E-state index contributed by atoms with van der Waals surface area (Å²) in [5.74, 6) is 0.783. The maximum Gasteiger partial charge on any atom is 0.123 e. The third kappa shape index (κ3) is 7.50. The fraction of sp³-hybridized carbons (Fsp3) is 0.700. The first-order chi connectivity index (χ1) is 11.6. The fourth-order valence-corrected chi connectivity index (χ4v) is 3.58. The van der Waals surface area contributed by atoms with Crippen molar-refractivity contribution in [2.24, 2.45) is 5.92 Å². The van der Waals surface area contributed by atoms with E-state index in [1.807, 2.05) is 25.1 Å². The molecule has 24 heavy (non-hydrogen) atoms. The van der Waals surface area contributed by atoms with E-state index in [2.05, 4.69) is 5.32 Å². The molecule has 136 valence electrons. The molecule has 1 heterocycles. The van der Waals surface area contributed by atoms with E-state index < -0.39 is 6.17 Å². The van der Waals surface area contributed by atoms with Crippen LogP contribution in [0.4, 0.5) is 4.39 Å². The molecule has 1 aromatic carbocycles. The van der Waals surface area contributed by atoms with Gasteiger partial charge in [0.25, 0.3) is 0 Å². The third-order valence-electron chi connectivity index (χ3n) is 4.79. The highest BCUT2D eigenvalue weighted by Gasteiger charge is 2.12. The second-order valence-electron chi connectivity index (χ2n) is 7.06. The Morgan fingerprint density at radius 1 is 1.33 bits per heavy atom. The Hall–Kier alpha value is -0.640. The summed E-state index contributed by atoms with van der Waals surface area (Å²) in [4.78, 5) is 0. The number of alkyl halides is 1. The number of aryl methyl sites for hydroxylation is 1. The summed E-state index contributed by atoms with van der Waals surface area (Å²) >= 11 is 6.15. The molecule has 1 N–H and O–H groups in total. The van der Waals surface area contributed by atoms with Gasteiger partial charge in [-0.1, -0.05) is 43.0 Å². The van der Waals surface area contributed by atoms with Crippen molar-refractivity contribution in [3.8, 4) is 0 Å². The molecule has 2 unspecified atom stereocenters. The quantitative estimate of drug-likeness (QED) is 0.594. The van der Waals surface area contributed by atoms with E-state index >= 15 is 0 Å². The SMILES string of the molecule is Cc1ccc(COCC(F)CCCCC2CCCCNC2)c(Cl)c1. The smallest absolute Gasteiger partial charge is 0.123 e. The second kappa shape index (κ2) is 11.1. The van der Waals surface area contributed by atoms with E-state index in [-0.39, 0.29) is 6.61 Å². The summed E-state index contributed by atoms with van der Waals surface area (Å²) < 4.78 is 19.4. The van der Waals surface area contributed by atoms with Gasteiger partial charge in [-0.25, -0.2) is 4.39 Å². The summed E-state index contributed by atoms with van der Waals surface area (Å²) in [5.41, 5.74) is 2.05. The highest BCUT2D eigenvalue weighted by atomic mass is 35.5. The zero-order valence-corrected chi connectivity index (χ0v) is 15.6. The maximum atomic E-state index is 13.9. The average Bonchev–Trinajstić information content (AvgIpc) is 2.82. The van der Waals surface area contributed by atoms with Gasteiger partial charge in [-0.3, -0.25) is 0 Å². The van der Waals surface area contributed by atoms with Crippen molar-refractivity contribution in [2.45, 2.75) is 64.6 Å². The largest absolute Gasteiger partial charge is 0.374 e. The highest BCUT2D eigenvalue weighted by Crippen LogP contribution is 2.20. The summed E-state index contributed by atoms with van der Waals surface area (Å²) in [6.45, 7) is 4.84. The molecule has 0 radical (unpaired) electrons. The van der Waals surface area contributed by atoms with Crippen LogP contribution in [0.2, 0.25) is 5.02 Å². The van der Waals surface area contributed by atoms with Gasteiger partial charge in [-0.15, -0.1) is 0 Å². The average molecular weight is 356 g/mol. The van der Waals surface area contributed by atoms with Crippen LogP contribution in [0.3, 0.4) is 0 Å². The van der Waals surface area contributed by atoms with Gasteiger partial charge >= 0.3 is 0 Å². The van der Waals surface area contributed by atoms with Crippen LogP contribution >= 0.6 is 11.6 Å². The molecule has 1 aromatic rings. The first kappa shape index (κ1) is 19.7. The minimum atomic E-state index is -0.874. The number of unbranched alkanes of at least 4 members (excludes halogenated alkanes) is 1. The molecule has 1 aliphatic heterocycles. The zero-order valence-electron chi connectivity index (χ0n) is 14.8. The standard InChI is InChI=1S/C20H31ClFNO/c1-16-9-10-18(20(21)12-16)14-24-15-19(22)8-3-2-6-17-7-4-5-11-23-13-17/h9-10,12,17,19,23H,2-8,11,13-15H2,1H3. The topological polar surface area (TPSA) is 21.3 Å². The van der Waals surface area contributed by atoms with Gasteiger partial charge in [-0.2, -0.15) is 0 Å². The number of nitrogens with one attached hydrogen (secondary N) is 1. The molecule has 1 saturated heterocycles. The van der Waals surface area contributed by atoms with Crippen molar-refractivity contribution in [2.75, 3.05) is 19.7 Å². The van der Waals surface area contributed by atoms with E-state index in [4.69, 9.17) is 16.3 Å². The molecule has 2 rings (SSSR count). The van der Waals surface area contributed by atoms with Crippen molar-refractivity contribution in [3.05, 3.63) is 34.3 Å². The van der Waals surface area contributed by atoms with Crippen LogP contribution in [-0.2, 0) is 11.3 Å². The maximum absolute atomic E-state index is 13.9. The fourth-order valence-electron chi connectivity index (χ4n) is 3.29. The number of hydrogen-bond acceptors (Lipinski definition) is 2. The van der Waals surface area contributed by atoms with Crippen LogP contribution < -0.4 is 5.32 Å². The first-order valence-corrected chi connectivity index (χ1v) is 9.70. The summed E-state index contributed by atoms with van der Waals surface area (Å²) in [5, 5.41) is 4.19. The number of halogens is 2. The lowest BCUT2D eigenvalue weighted by Crippen LogP contribution is -2.20. The van der Waals surface area contributed by atoms with E-state index in [0.717, 1.165) is 43.0 Å². The predicted octanol–water partition coefficient (Wildman–Crippen LogP) is 5.45. The third-order valence-corrected chi connectivity index (χ3v) is 5.15. The van der Waals surface area contributed by atoms with Crippen molar-refractivity contribution in [3.63, 3.8) is 0 Å². The van der Waals surface area contributed by atoms with E-state index in [0.29, 0.717) is 18.1 Å². The zero-order chi connectivity index (χ0) is 17.2. The van der Waals surface area contributed by atoms with Crippen LogP contribution in [0.25, 0.3) is 0 Å². The first-order valence-electron chi connectivity index (χ1n) is 9.32. The number of hydrogen-bond donors (Lipinski definition) is 1. The van der Waals surface area contributed by atoms with Gasteiger partial charge in [0.1, 0.15) is 6.17 Å². The molecule has 0 bridgehead atoms. The van der Waals surface area contributed by atoms with Crippen LogP contribution in [-0.4, -0.2) is 25.9 Å². The number of rotatable bonds is 9. The molecule has 2 atom stereocenters. The molecule has 1 fully saturated rings. The second-order valence-corrected chi connectivity index (χ2v) is 7.46. The van der Waals surface area contributed by atoms with E-state index in [1.165, 1.54) is 25.7 Å². The van der Waals surface area contributed by atoms with Gasteiger partial charge in [0, 0.05) is 5.02 Å². The van der Waals surface area contributed by atoms with Gasteiger partial charge in [0.15, 0.2) is 0 Å². The summed E-state index contributed by atoms with van der Waals surface area (Å²) in [7, 11) is 0. The van der Waals surface area contributed by atoms with Crippen LogP contribution in [0, 0.1) is 12.8 Å². The Morgan fingerprint density at radius 3 is 3.04 bits per heavy atom. The minimum Gasteiger partial charge on any atom is -0.374 e. The number of benzene rings is 1. The Kier molecular flexibility index (Phi) is 9.08. The molecule has 4 heteroatoms. The van der Waals surface area contributed by atoms with Crippen molar-refractivity contribution in [1.29, 1.82) is 0 Å². The van der Waals surface area contributed by atoms with E-state index in [1.54, 1.807) is 0 Å². The molecule has 0 aromatic heterocycles. The Bertz CT molecular complexity index is 475. The summed E-state index contributed by atoms with van der Waals surface area (Å²) in [6, 6.07) is 5.86. The van der Waals surface area contributed by atoms with E-state index in [9.17, 15) is 4.39 Å². The molecule has 0 amide bonds. The van der Waals surface area contributed by atoms with Gasteiger partial charge in [-0.05, 0) is 68.8 Å². The minimum absolute atomic E-state index is 0.162. The van der Waals surface area contributed by atoms with Crippen molar-refractivity contribution >= 4 is 11.6 Å². The van der Waals surface area contributed by atoms with Crippen molar-refractivity contribution in [1.82, 2.24) is 5.32 Å². The number of ether oxygens (including phenoxy) is 1. The van der Waals surface area contributed by atoms with Gasteiger partial charge in [0.05, 0.1) is 13.2 Å². The molecule has 0 spiro atoms. The van der Waals surface area contributed by atoms with Crippen molar-refractivity contribution < 1.29 is 9.13 Å². The predicted molar refractivity (Wildman–Crippen MR) is 99.4 cm³/mol. The Balaban J connectivity index is 1.54. The van der Waals surface area contributed by atoms with Gasteiger partial charge in [0.2, 0.25) is 0 Å². The molecule has 1 aliphatic rings. The summed E-state index contributed by atoms with van der Waals surface area (Å²) in [6.07, 6.45) is 6.97. The normalized spacial score (nSPS) is 19.9. The van der Waals surface area contributed by atoms with Crippen LogP contribution in [0.5, 0.6) is 0 Å². The lowest BCUT2D eigenvalue weighted by atomic mass is 9.96. The molecule has 0 saturated carbocycles. The Morgan fingerprint density at radius 2 is 2.21 bits per heavy atom. The molecular weight excluding hydrogens is 325 g/mol. The molecule has 0 aliphatic carbocycles. The van der Waals surface area contributed by atoms with Crippen LogP contribution in [0.1, 0.15) is 56.1 Å². The lowest BCUT2D eigenvalue weighted by Gasteiger charge is -2.14. The van der Waals surface area contributed by atoms with Gasteiger partial charge < -0.3 is 10.1 Å². The monoisotopic (exact) mass is 355 g/mol. The molecular formula is C20H31ClFNO. The molecule has 2 nitrogen and oxygen atoms in total. The lowest BCUT2D eigenvalue weighted by molar-refractivity contribution is 0.0653. The highest BCUT2D eigenvalue weighted by molar-refractivity contribution is 6.31. The van der Waals surface area contributed by atoms with Crippen LogP contribution in [0.15, 0.2) is 18.2 Å². The Labute approximate surface area is 151 Å².